The number of carboxylic acid groups (broad SMARTS) is 1. The van der Waals surface area contributed by atoms with Crippen molar-refractivity contribution in [1.29, 1.82) is 0 Å². The molecule has 0 bridgehead atoms. The van der Waals surface area contributed by atoms with Gasteiger partial charge >= 0.3 is 12.1 Å². The van der Waals surface area contributed by atoms with Crippen molar-refractivity contribution in [2.24, 2.45) is 0 Å². The molecule has 0 aliphatic carbocycles. The van der Waals surface area contributed by atoms with E-state index in [0.29, 0.717) is 10.2 Å². The molecule has 1 aliphatic heterocycles. The first-order valence-electron chi connectivity index (χ1n) is 10.9. The largest absolute Gasteiger partial charge is 0.481 e. The molecule has 4 rings (SSSR count). The minimum absolute atomic E-state index is 0.00764. The number of rotatable bonds is 6. The topological polar surface area (TPSA) is 56.7 Å². The number of hydrogen-bond donors (Lipinski definition) is 1. The monoisotopic (exact) mass is 477 g/mol. The van der Waals surface area contributed by atoms with Gasteiger partial charge in [0.1, 0.15) is 0 Å². The number of alkyl halides is 3. The third-order valence-corrected chi connectivity index (χ3v) is 7.00. The molecule has 2 aromatic carbocycles. The van der Waals surface area contributed by atoms with Crippen LogP contribution in [-0.4, -0.2) is 46.6 Å². The number of carboxylic acids is 1. The number of halogens is 3. The number of piperazine rings is 1. The normalized spacial score (nSPS) is 17.6. The van der Waals surface area contributed by atoms with Crippen LogP contribution in [0.1, 0.15) is 35.6 Å². The summed E-state index contributed by atoms with van der Waals surface area (Å²) in [5, 5.41) is 9.86. The third kappa shape index (κ3) is 5.47. The lowest BCUT2D eigenvalue weighted by atomic mass is 10.0. The molecule has 3 aromatic rings. The fourth-order valence-electron chi connectivity index (χ4n) is 4.45. The van der Waals surface area contributed by atoms with E-state index >= 15 is 0 Å². The first-order valence-corrected chi connectivity index (χ1v) is 11.7. The van der Waals surface area contributed by atoms with E-state index in [0.717, 1.165) is 60.5 Å². The standard InChI is InChI=1S/C24H26F3N3O2S/c1-3-19-14-29(13-17-9-15(2)8-16(10-17)11-22(31)32)6-7-30(19)23-28-20-5-4-18(24(25,26)27)12-21(20)33-23/h4-5,8-10,12,19H,3,6-7,11,13-14H2,1-2H3,(H,31,32)/t19-/m0/s1. The molecule has 0 spiro atoms. The maximum Gasteiger partial charge on any atom is 0.416 e. The number of aromatic nitrogens is 1. The number of hydrogen-bond acceptors (Lipinski definition) is 5. The average molecular weight is 478 g/mol. The number of anilines is 1. The van der Waals surface area contributed by atoms with Gasteiger partial charge in [-0.2, -0.15) is 13.2 Å². The van der Waals surface area contributed by atoms with Crippen molar-refractivity contribution >= 4 is 32.7 Å². The molecule has 0 unspecified atom stereocenters. The van der Waals surface area contributed by atoms with Crippen LogP contribution in [0.25, 0.3) is 10.2 Å². The molecular formula is C24H26F3N3O2S. The Morgan fingerprint density at radius 2 is 1.94 bits per heavy atom. The molecule has 1 aromatic heterocycles. The zero-order valence-corrected chi connectivity index (χ0v) is 19.3. The van der Waals surface area contributed by atoms with Crippen molar-refractivity contribution in [2.75, 3.05) is 24.5 Å². The molecule has 33 heavy (non-hydrogen) atoms. The fourth-order valence-corrected chi connectivity index (χ4v) is 5.55. The van der Waals surface area contributed by atoms with Crippen molar-refractivity contribution in [3.63, 3.8) is 0 Å². The highest BCUT2D eigenvalue weighted by molar-refractivity contribution is 7.22. The molecule has 1 N–H and O–H groups in total. The van der Waals surface area contributed by atoms with Gasteiger partial charge in [-0.25, -0.2) is 4.98 Å². The Balaban J connectivity index is 1.49. The second kappa shape index (κ2) is 9.30. The van der Waals surface area contributed by atoms with Crippen LogP contribution in [0.15, 0.2) is 36.4 Å². The molecule has 9 heteroatoms. The number of aryl methyl sites for hydroxylation is 1. The van der Waals surface area contributed by atoms with Crippen molar-refractivity contribution < 1.29 is 23.1 Å². The Kier molecular flexibility index (Phi) is 6.63. The van der Waals surface area contributed by atoms with Gasteiger partial charge in [-0.05, 0) is 42.7 Å². The number of nitrogens with zero attached hydrogens (tertiary/aromatic N) is 3. The summed E-state index contributed by atoms with van der Waals surface area (Å²) in [4.78, 5) is 20.3. The van der Waals surface area contributed by atoms with E-state index in [4.69, 9.17) is 5.11 Å². The van der Waals surface area contributed by atoms with Crippen LogP contribution in [0, 0.1) is 6.92 Å². The van der Waals surface area contributed by atoms with Gasteiger partial charge < -0.3 is 10.0 Å². The van der Waals surface area contributed by atoms with Crippen molar-refractivity contribution in [2.45, 2.75) is 45.5 Å². The summed E-state index contributed by atoms with van der Waals surface area (Å²) in [6.45, 7) is 7.14. The maximum atomic E-state index is 13.1. The number of carbonyl (C=O) groups is 1. The Morgan fingerprint density at radius 3 is 2.64 bits per heavy atom. The Bertz CT molecular complexity index is 1160. The van der Waals surface area contributed by atoms with Crippen LogP contribution >= 0.6 is 11.3 Å². The first kappa shape index (κ1) is 23.5. The average Bonchev–Trinajstić information content (AvgIpc) is 3.15. The van der Waals surface area contributed by atoms with E-state index in [2.05, 4.69) is 27.8 Å². The van der Waals surface area contributed by atoms with E-state index in [-0.39, 0.29) is 12.5 Å². The molecule has 0 amide bonds. The van der Waals surface area contributed by atoms with E-state index in [1.807, 2.05) is 19.1 Å². The van der Waals surface area contributed by atoms with Gasteiger partial charge in [0.15, 0.2) is 5.13 Å². The van der Waals surface area contributed by atoms with Crippen molar-refractivity contribution in [3.8, 4) is 0 Å². The molecule has 176 valence electrons. The summed E-state index contributed by atoms with van der Waals surface area (Å²) >= 11 is 1.31. The Labute approximate surface area is 194 Å². The highest BCUT2D eigenvalue weighted by atomic mass is 32.1. The first-order chi connectivity index (χ1) is 15.6. The predicted octanol–water partition coefficient (Wildman–Crippen LogP) is 5.35. The molecule has 1 fully saturated rings. The number of fused-ring (bicyclic) bond motifs is 1. The van der Waals surface area contributed by atoms with Crippen molar-refractivity contribution in [1.82, 2.24) is 9.88 Å². The van der Waals surface area contributed by atoms with Crippen LogP contribution in [0.2, 0.25) is 0 Å². The highest BCUT2D eigenvalue weighted by Crippen LogP contribution is 2.36. The van der Waals surface area contributed by atoms with Crippen LogP contribution < -0.4 is 4.90 Å². The number of thiazole rings is 1. The summed E-state index contributed by atoms with van der Waals surface area (Å²) in [5.41, 5.74) is 2.88. The van der Waals surface area contributed by atoms with Gasteiger partial charge in [0.2, 0.25) is 0 Å². The van der Waals surface area contributed by atoms with Gasteiger partial charge in [-0.3, -0.25) is 9.69 Å². The van der Waals surface area contributed by atoms with E-state index in [9.17, 15) is 18.0 Å². The fraction of sp³-hybridized carbons (Fsp3) is 0.417. The lowest BCUT2D eigenvalue weighted by Crippen LogP contribution is -2.52. The highest BCUT2D eigenvalue weighted by Gasteiger charge is 2.32. The zero-order valence-electron chi connectivity index (χ0n) is 18.5. The van der Waals surface area contributed by atoms with E-state index in [1.165, 1.54) is 23.5 Å². The smallest absolute Gasteiger partial charge is 0.416 e. The van der Waals surface area contributed by atoms with Crippen LogP contribution in [0.4, 0.5) is 18.3 Å². The lowest BCUT2D eigenvalue weighted by Gasteiger charge is -2.41. The predicted molar refractivity (Wildman–Crippen MR) is 124 cm³/mol. The van der Waals surface area contributed by atoms with Crippen LogP contribution in [0.3, 0.4) is 0 Å². The van der Waals surface area contributed by atoms with Gasteiger partial charge in [0, 0.05) is 32.2 Å². The Hall–Kier alpha value is -2.65. The van der Waals surface area contributed by atoms with Gasteiger partial charge in [0.05, 0.1) is 22.2 Å². The molecule has 2 heterocycles. The lowest BCUT2D eigenvalue weighted by molar-refractivity contribution is -0.138. The van der Waals surface area contributed by atoms with Crippen LogP contribution in [-0.2, 0) is 23.9 Å². The quantitative estimate of drug-likeness (QED) is 0.519. The molecule has 1 aliphatic rings. The van der Waals surface area contributed by atoms with Crippen LogP contribution in [0.5, 0.6) is 0 Å². The van der Waals surface area contributed by atoms with Crippen molar-refractivity contribution in [3.05, 3.63) is 58.7 Å². The van der Waals surface area contributed by atoms with Gasteiger partial charge in [-0.15, -0.1) is 0 Å². The molecule has 0 saturated carbocycles. The minimum atomic E-state index is -4.37. The van der Waals surface area contributed by atoms with E-state index < -0.39 is 17.7 Å². The van der Waals surface area contributed by atoms with Gasteiger partial charge in [-0.1, -0.05) is 42.0 Å². The molecular weight excluding hydrogens is 451 g/mol. The third-order valence-electron chi connectivity index (χ3n) is 5.95. The SMILES string of the molecule is CC[C@H]1CN(Cc2cc(C)cc(CC(=O)O)c2)CCN1c1nc2ccc(C(F)(F)F)cc2s1. The molecule has 1 atom stereocenters. The summed E-state index contributed by atoms with van der Waals surface area (Å²) in [5.74, 6) is -0.843. The zero-order chi connectivity index (χ0) is 23.8. The number of aliphatic carboxylic acids is 1. The molecule has 5 nitrogen and oxygen atoms in total. The summed E-state index contributed by atoms with van der Waals surface area (Å²) in [6, 6.07) is 9.86. The molecule has 0 radical (unpaired) electrons. The van der Waals surface area contributed by atoms with E-state index in [1.54, 1.807) is 0 Å². The summed E-state index contributed by atoms with van der Waals surface area (Å²) in [6.07, 6.45) is -3.47. The number of benzene rings is 2. The van der Waals surface area contributed by atoms with Gasteiger partial charge in [0.25, 0.3) is 0 Å². The second-order valence-corrected chi connectivity index (χ2v) is 9.57. The minimum Gasteiger partial charge on any atom is -0.481 e. The Morgan fingerprint density at radius 1 is 1.18 bits per heavy atom. The molecule has 1 saturated heterocycles. The summed E-state index contributed by atoms with van der Waals surface area (Å²) in [7, 11) is 0. The second-order valence-electron chi connectivity index (χ2n) is 8.56. The summed E-state index contributed by atoms with van der Waals surface area (Å²) < 4.78 is 39.7. The maximum absolute atomic E-state index is 13.1.